The average Bonchev–Trinajstić information content (AvgIpc) is 2.95. The van der Waals surface area contributed by atoms with E-state index in [1.165, 1.54) is 0 Å². The van der Waals surface area contributed by atoms with Gasteiger partial charge in [-0.1, -0.05) is 17.7 Å². The summed E-state index contributed by atoms with van der Waals surface area (Å²) >= 11 is 5.86. The van der Waals surface area contributed by atoms with Crippen LogP contribution in [0.4, 0.5) is 5.69 Å². The van der Waals surface area contributed by atoms with Gasteiger partial charge in [0.25, 0.3) is 11.8 Å². The van der Waals surface area contributed by atoms with Crippen LogP contribution in [-0.4, -0.2) is 26.7 Å². The van der Waals surface area contributed by atoms with Crippen molar-refractivity contribution in [1.82, 2.24) is 14.7 Å². The number of aromatic nitrogens is 2. The lowest BCUT2D eigenvalue weighted by molar-refractivity contribution is 0.0916. The normalized spacial score (nSPS) is 11.4. The quantitative estimate of drug-likeness (QED) is 0.736. The van der Waals surface area contributed by atoms with E-state index in [1.54, 1.807) is 53.1 Å². The monoisotopic (exact) mass is 370 g/mol. The number of pyridine rings is 1. The molecule has 2 N–H and O–H groups in total. The van der Waals surface area contributed by atoms with Gasteiger partial charge in [0.1, 0.15) is 0 Å². The number of benzene rings is 1. The molecule has 26 heavy (non-hydrogen) atoms. The molecule has 7 heteroatoms. The van der Waals surface area contributed by atoms with E-state index < -0.39 is 11.4 Å². The Labute approximate surface area is 156 Å². The van der Waals surface area contributed by atoms with Gasteiger partial charge >= 0.3 is 0 Å². The van der Waals surface area contributed by atoms with Gasteiger partial charge in [-0.3, -0.25) is 14.0 Å². The molecule has 3 rings (SSSR count). The van der Waals surface area contributed by atoms with Gasteiger partial charge in [-0.15, -0.1) is 0 Å². The fourth-order valence-corrected chi connectivity index (χ4v) is 2.61. The maximum absolute atomic E-state index is 12.7. The Morgan fingerprint density at radius 1 is 1.04 bits per heavy atom. The van der Waals surface area contributed by atoms with Crippen LogP contribution in [0.1, 0.15) is 41.9 Å². The molecule has 0 unspecified atom stereocenters. The molecule has 0 saturated heterocycles. The van der Waals surface area contributed by atoms with Gasteiger partial charge in [-0.2, -0.15) is 0 Å². The summed E-state index contributed by atoms with van der Waals surface area (Å²) in [6.45, 7) is 5.66. The Morgan fingerprint density at radius 3 is 2.38 bits per heavy atom. The maximum Gasteiger partial charge on any atom is 0.292 e. The van der Waals surface area contributed by atoms with Crippen LogP contribution in [0.3, 0.4) is 0 Å². The van der Waals surface area contributed by atoms with Gasteiger partial charge in [-0.05, 0) is 57.2 Å². The summed E-state index contributed by atoms with van der Waals surface area (Å²) in [7, 11) is 0. The van der Waals surface area contributed by atoms with Crippen LogP contribution in [0, 0.1) is 0 Å². The Bertz CT molecular complexity index is 971. The highest BCUT2D eigenvalue weighted by molar-refractivity contribution is 6.30. The first-order chi connectivity index (χ1) is 12.2. The standard InChI is InChI=1S/C19H19ClN4O2/c1-19(2,3)23-17(25)15-14-6-4-5-11-24(14)16(22-15)18(26)21-13-9-7-12(20)8-10-13/h4-11H,1-3H3,(H,21,26)(H,23,25). The van der Waals surface area contributed by atoms with Crippen LogP contribution in [0.2, 0.25) is 5.02 Å². The molecule has 2 aromatic heterocycles. The van der Waals surface area contributed by atoms with E-state index in [2.05, 4.69) is 15.6 Å². The average molecular weight is 371 g/mol. The number of hydrogen-bond donors (Lipinski definition) is 2. The highest BCUT2D eigenvalue weighted by Gasteiger charge is 2.24. The number of amides is 2. The SMILES string of the molecule is CC(C)(C)NC(=O)c1nc(C(=O)Nc2ccc(Cl)cc2)n2ccccc12. The summed E-state index contributed by atoms with van der Waals surface area (Å²) in [5.74, 6) is -0.607. The Kier molecular flexibility index (Phi) is 4.70. The minimum absolute atomic E-state index is 0.134. The van der Waals surface area contributed by atoms with Gasteiger partial charge in [0, 0.05) is 22.4 Å². The summed E-state index contributed by atoms with van der Waals surface area (Å²) in [5, 5.41) is 6.22. The highest BCUT2D eigenvalue weighted by Crippen LogP contribution is 2.17. The second-order valence-electron chi connectivity index (χ2n) is 6.91. The molecule has 0 aliphatic carbocycles. The fraction of sp³-hybridized carbons (Fsp3) is 0.211. The largest absolute Gasteiger partial charge is 0.346 e. The van der Waals surface area contributed by atoms with Crippen molar-refractivity contribution < 1.29 is 9.59 Å². The summed E-state index contributed by atoms with van der Waals surface area (Å²) in [4.78, 5) is 29.5. The second-order valence-corrected chi connectivity index (χ2v) is 7.34. The van der Waals surface area contributed by atoms with E-state index >= 15 is 0 Å². The van der Waals surface area contributed by atoms with Crippen molar-refractivity contribution in [3.63, 3.8) is 0 Å². The van der Waals surface area contributed by atoms with E-state index in [4.69, 9.17) is 11.6 Å². The zero-order valence-electron chi connectivity index (χ0n) is 14.7. The molecule has 0 fully saturated rings. The molecule has 3 aromatic rings. The number of carbonyl (C=O) groups excluding carboxylic acids is 2. The number of fused-ring (bicyclic) bond motifs is 1. The maximum atomic E-state index is 12.7. The number of nitrogens with one attached hydrogen (secondary N) is 2. The van der Waals surface area contributed by atoms with Crippen molar-refractivity contribution in [3.8, 4) is 0 Å². The predicted octanol–water partition coefficient (Wildman–Crippen LogP) is 3.77. The number of rotatable bonds is 3. The highest BCUT2D eigenvalue weighted by atomic mass is 35.5. The lowest BCUT2D eigenvalue weighted by Crippen LogP contribution is -2.40. The summed E-state index contributed by atoms with van der Waals surface area (Å²) in [6.07, 6.45) is 1.70. The topological polar surface area (TPSA) is 75.5 Å². The van der Waals surface area contributed by atoms with Crippen LogP contribution >= 0.6 is 11.6 Å². The first kappa shape index (κ1) is 17.9. The minimum atomic E-state index is -0.414. The smallest absolute Gasteiger partial charge is 0.292 e. The zero-order chi connectivity index (χ0) is 18.9. The number of anilines is 1. The molecule has 0 spiro atoms. The van der Waals surface area contributed by atoms with Gasteiger partial charge in [-0.25, -0.2) is 4.98 Å². The van der Waals surface area contributed by atoms with E-state index in [0.29, 0.717) is 16.2 Å². The molecule has 0 atom stereocenters. The van der Waals surface area contributed by atoms with Crippen molar-refractivity contribution >= 4 is 34.6 Å². The van der Waals surface area contributed by atoms with Gasteiger partial charge in [0.05, 0.1) is 5.52 Å². The molecule has 0 saturated carbocycles. The van der Waals surface area contributed by atoms with E-state index in [0.717, 1.165) is 0 Å². The molecular formula is C19H19ClN4O2. The van der Waals surface area contributed by atoms with E-state index in [1.807, 2.05) is 20.8 Å². The van der Waals surface area contributed by atoms with Crippen LogP contribution in [0.15, 0.2) is 48.7 Å². The lowest BCUT2D eigenvalue weighted by atomic mass is 10.1. The Balaban J connectivity index is 1.97. The second kappa shape index (κ2) is 6.80. The van der Waals surface area contributed by atoms with Crippen molar-refractivity contribution in [2.75, 3.05) is 5.32 Å². The molecule has 6 nitrogen and oxygen atoms in total. The number of imidazole rings is 1. The molecule has 2 heterocycles. The van der Waals surface area contributed by atoms with Gasteiger partial charge < -0.3 is 10.6 Å². The minimum Gasteiger partial charge on any atom is -0.346 e. The Morgan fingerprint density at radius 2 is 1.73 bits per heavy atom. The third-order valence-electron chi connectivity index (χ3n) is 3.56. The van der Waals surface area contributed by atoms with Crippen LogP contribution in [0.25, 0.3) is 5.52 Å². The molecule has 0 aliphatic heterocycles. The fourth-order valence-electron chi connectivity index (χ4n) is 2.49. The molecular weight excluding hydrogens is 352 g/mol. The molecule has 134 valence electrons. The first-order valence-electron chi connectivity index (χ1n) is 8.11. The molecule has 2 amide bonds. The van der Waals surface area contributed by atoms with Crippen LogP contribution in [-0.2, 0) is 0 Å². The van der Waals surface area contributed by atoms with Crippen LogP contribution in [0.5, 0.6) is 0 Å². The van der Waals surface area contributed by atoms with Crippen molar-refractivity contribution in [2.45, 2.75) is 26.3 Å². The third-order valence-corrected chi connectivity index (χ3v) is 3.81. The predicted molar refractivity (Wildman–Crippen MR) is 102 cm³/mol. The lowest BCUT2D eigenvalue weighted by Gasteiger charge is -2.19. The molecule has 1 aromatic carbocycles. The summed E-state index contributed by atoms with van der Waals surface area (Å²) in [5.41, 5.74) is 0.957. The number of carbonyl (C=O) groups is 2. The summed E-state index contributed by atoms with van der Waals surface area (Å²) in [6, 6.07) is 12.1. The van der Waals surface area contributed by atoms with Crippen LogP contribution < -0.4 is 10.6 Å². The van der Waals surface area contributed by atoms with Crippen molar-refractivity contribution in [3.05, 3.63) is 65.2 Å². The molecule has 0 radical (unpaired) electrons. The molecule has 0 bridgehead atoms. The van der Waals surface area contributed by atoms with E-state index in [9.17, 15) is 9.59 Å². The third kappa shape index (κ3) is 3.86. The number of hydrogen-bond acceptors (Lipinski definition) is 3. The van der Waals surface area contributed by atoms with Crippen molar-refractivity contribution in [2.24, 2.45) is 0 Å². The van der Waals surface area contributed by atoms with Gasteiger partial charge in [0.2, 0.25) is 5.82 Å². The number of nitrogens with zero attached hydrogens (tertiary/aromatic N) is 2. The Hall–Kier alpha value is -2.86. The van der Waals surface area contributed by atoms with Gasteiger partial charge in [0.15, 0.2) is 5.69 Å². The van der Waals surface area contributed by atoms with Crippen molar-refractivity contribution in [1.29, 1.82) is 0 Å². The van der Waals surface area contributed by atoms with E-state index in [-0.39, 0.29) is 17.4 Å². The number of halogens is 1. The first-order valence-corrected chi connectivity index (χ1v) is 8.49. The summed E-state index contributed by atoms with van der Waals surface area (Å²) < 4.78 is 1.60. The molecule has 0 aliphatic rings. The zero-order valence-corrected chi connectivity index (χ0v) is 15.5.